The summed E-state index contributed by atoms with van der Waals surface area (Å²) in [6.45, 7) is 6.04. The zero-order valence-electron chi connectivity index (χ0n) is 16.5. The van der Waals surface area contributed by atoms with E-state index in [1.54, 1.807) is 24.1 Å². The largest absolute Gasteiger partial charge is 0.370 e. The van der Waals surface area contributed by atoms with Gasteiger partial charge in [-0.25, -0.2) is 17.5 Å². The van der Waals surface area contributed by atoms with Crippen molar-refractivity contribution in [2.24, 2.45) is 5.92 Å². The van der Waals surface area contributed by atoms with Crippen molar-refractivity contribution in [3.05, 3.63) is 24.0 Å². The third-order valence-corrected chi connectivity index (χ3v) is 6.40. The van der Waals surface area contributed by atoms with Crippen LogP contribution < -0.4 is 14.9 Å². The van der Waals surface area contributed by atoms with Crippen molar-refractivity contribution in [2.45, 2.75) is 58.5 Å². The van der Waals surface area contributed by atoms with Gasteiger partial charge in [-0.15, -0.1) is 0 Å². The Morgan fingerprint density at radius 1 is 1.26 bits per heavy atom. The molecule has 0 heterocycles. The Bertz CT molecular complexity index is 759. The fourth-order valence-corrected chi connectivity index (χ4v) is 4.44. The molecule has 0 bridgehead atoms. The lowest BCUT2D eigenvalue weighted by atomic mass is 9.88. The lowest BCUT2D eigenvalue weighted by molar-refractivity contribution is -0.113. The molecule has 1 aromatic rings. The molecule has 0 saturated heterocycles. The van der Waals surface area contributed by atoms with Crippen molar-refractivity contribution in [2.75, 3.05) is 23.0 Å². The maximum absolute atomic E-state index is 14.3. The highest BCUT2D eigenvalue weighted by Gasteiger charge is 2.25. The van der Waals surface area contributed by atoms with Gasteiger partial charge in [0.25, 0.3) is 0 Å². The molecule has 1 amide bonds. The smallest absolute Gasteiger partial charge is 0.240 e. The molecule has 1 aliphatic carbocycles. The summed E-state index contributed by atoms with van der Waals surface area (Å²) in [5, 5.41) is 2.46. The molecule has 27 heavy (non-hydrogen) atoms. The van der Waals surface area contributed by atoms with E-state index in [4.69, 9.17) is 0 Å². The van der Waals surface area contributed by atoms with Gasteiger partial charge >= 0.3 is 0 Å². The second-order valence-electron chi connectivity index (χ2n) is 7.75. The molecular weight excluding hydrogens is 369 g/mol. The van der Waals surface area contributed by atoms with Crippen LogP contribution in [0.4, 0.5) is 15.8 Å². The first-order valence-corrected chi connectivity index (χ1v) is 11.0. The number of hydrogen-bond acceptors (Lipinski definition) is 4. The SMILES string of the molecule is CC1CCC(NS(=O)(=O)CC(=O)Nc2ccc(N(C)C(C)C)c(F)c2)CC1. The number of nitrogens with one attached hydrogen (secondary N) is 2. The predicted octanol–water partition coefficient (Wildman–Crippen LogP) is 3.11. The van der Waals surface area contributed by atoms with Gasteiger partial charge in [-0.2, -0.15) is 0 Å². The summed E-state index contributed by atoms with van der Waals surface area (Å²) in [5.41, 5.74) is 0.656. The summed E-state index contributed by atoms with van der Waals surface area (Å²) >= 11 is 0. The number of hydrogen-bond donors (Lipinski definition) is 2. The van der Waals surface area contributed by atoms with Gasteiger partial charge in [0.05, 0.1) is 5.69 Å². The van der Waals surface area contributed by atoms with Crippen molar-refractivity contribution < 1.29 is 17.6 Å². The van der Waals surface area contributed by atoms with Gasteiger partial charge < -0.3 is 10.2 Å². The summed E-state index contributed by atoms with van der Waals surface area (Å²) in [6.07, 6.45) is 3.54. The Morgan fingerprint density at radius 2 is 1.89 bits per heavy atom. The van der Waals surface area contributed by atoms with Crippen molar-refractivity contribution in [1.29, 1.82) is 0 Å². The van der Waals surface area contributed by atoms with E-state index in [1.165, 1.54) is 6.07 Å². The zero-order chi connectivity index (χ0) is 20.2. The van der Waals surface area contributed by atoms with Gasteiger partial charge in [0.15, 0.2) is 0 Å². The number of carbonyl (C=O) groups is 1. The molecule has 0 aromatic heterocycles. The number of halogens is 1. The highest BCUT2D eigenvalue weighted by Crippen LogP contribution is 2.25. The van der Waals surface area contributed by atoms with Crippen LogP contribution in [0.5, 0.6) is 0 Å². The Labute approximate surface area is 161 Å². The second kappa shape index (κ2) is 9.01. The Morgan fingerprint density at radius 3 is 2.44 bits per heavy atom. The number of carbonyl (C=O) groups excluding carboxylic acids is 1. The molecule has 1 aromatic carbocycles. The highest BCUT2D eigenvalue weighted by atomic mass is 32.2. The van der Waals surface area contributed by atoms with E-state index in [0.29, 0.717) is 11.6 Å². The van der Waals surface area contributed by atoms with Gasteiger partial charge in [0.1, 0.15) is 11.6 Å². The van der Waals surface area contributed by atoms with Crippen LogP contribution in [-0.4, -0.2) is 39.2 Å². The first-order chi connectivity index (χ1) is 12.6. The minimum atomic E-state index is -3.73. The van der Waals surface area contributed by atoms with E-state index >= 15 is 0 Å². The van der Waals surface area contributed by atoms with E-state index < -0.39 is 27.5 Å². The van der Waals surface area contributed by atoms with Crippen molar-refractivity contribution in [1.82, 2.24) is 4.72 Å². The lowest BCUT2D eigenvalue weighted by Gasteiger charge is -2.26. The summed E-state index contributed by atoms with van der Waals surface area (Å²) in [5.74, 6) is -1.21. The predicted molar refractivity (Wildman–Crippen MR) is 107 cm³/mol. The number of anilines is 2. The molecule has 0 unspecified atom stereocenters. The molecule has 2 N–H and O–H groups in total. The van der Waals surface area contributed by atoms with E-state index in [9.17, 15) is 17.6 Å². The molecule has 1 fully saturated rings. The highest BCUT2D eigenvalue weighted by molar-refractivity contribution is 7.90. The average molecular weight is 400 g/mol. The van der Waals surface area contributed by atoms with Gasteiger partial charge in [-0.1, -0.05) is 6.92 Å². The normalized spacial score (nSPS) is 20.5. The Balaban J connectivity index is 1.93. The van der Waals surface area contributed by atoms with E-state index in [0.717, 1.165) is 25.7 Å². The topological polar surface area (TPSA) is 78.5 Å². The van der Waals surface area contributed by atoms with Crippen molar-refractivity contribution in [3.8, 4) is 0 Å². The van der Waals surface area contributed by atoms with E-state index in [2.05, 4.69) is 17.0 Å². The summed E-state index contributed by atoms with van der Waals surface area (Å²) in [4.78, 5) is 13.9. The second-order valence-corrected chi connectivity index (χ2v) is 9.51. The fourth-order valence-electron chi connectivity index (χ4n) is 3.19. The summed E-state index contributed by atoms with van der Waals surface area (Å²) in [6, 6.07) is 4.36. The fraction of sp³-hybridized carbons (Fsp3) is 0.632. The zero-order valence-corrected chi connectivity index (χ0v) is 17.3. The molecule has 0 atom stereocenters. The van der Waals surface area contributed by atoms with Gasteiger partial charge in [-0.3, -0.25) is 4.79 Å². The first kappa shape index (κ1) is 21.6. The number of nitrogens with zero attached hydrogens (tertiary/aromatic N) is 1. The molecule has 2 rings (SSSR count). The van der Waals surface area contributed by atoms with Crippen LogP contribution in [-0.2, 0) is 14.8 Å². The van der Waals surface area contributed by atoms with Crippen LogP contribution in [0, 0.1) is 11.7 Å². The maximum Gasteiger partial charge on any atom is 0.240 e. The third-order valence-electron chi connectivity index (χ3n) is 5.07. The van der Waals surface area contributed by atoms with E-state index in [1.807, 2.05) is 13.8 Å². The van der Waals surface area contributed by atoms with Gasteiger partial charge in [-0.05, 0) is 63.6 Å². The Hall–Kier alpha value is -1.67. The van der Waals surface area contributed by atoms with Crippen LogP contribution in [0.15, 0.2) is 18.2 Å². The summed E-state index contributed by atoms with van der Waals surface area (Å²) in [7, 11) is -1.94. The van der Waals surface area contributed by atoms with Crippen LogP contribution in [0.3, 0.4) is 0 Å². The molecule has 0 radical (unpaired) electrons. The number of sulfonamides is 1. The molecule has 1 aliphatic rings. The lowest BCUT2D eigenvalue weighted by Crippen LogP contribution is -2.41. The van der Waals surface area contributed by atoms with Crippen molar-refractivity contribution in [3.63, 3.8) is 0 Å². The molecule has 0 aliphatic heterocycles. The molecule has 152 valence electrons. The van der Waals surface area contributed by atoms with Crippen LogP contribution >= 0.6 is 0 Å². The van der Waals surface area contributed by atoms with Gasteiger partial charge in [0, 0.05) is 24.8 Å². The minimum absolute atomic E-state index is 0.109. The molecule has 8 heteroatoms. The van der Waals surface area contributed by atoms with E-state index in [-0.39, 0.29) is 17.8 Å². The third kappa shape index (κ3) is 6.46. The van der Waals surface area contributed by atoms with Crippen molar-refractivity contribution >= 4 is 27.3 Å². The maximum atomic E-state index is 14.3. The minimum Gasteiger partial charge on any atom is -0.370 e. The molecule has 0 spiro atoms. The van der Waals surface area contributed by atoms with Gasteiger partial charge in [0.2, 0.25) is 15.9 Å². The molecule has 6 nitrogen and oxygen atoms in total. The number of amides is 1. The molecule has 1 saturated carbocycles. The van der Waals surface area contributed by atoms with Crippen LogP contribution in [0.25, 0.3) is 0 Å². The Kier molecular flexibility index (Phi) is 7.22. The number of benzene rings is 1. The standard InChI is InChI=1S/C19H30FN3O3S/c1-13(2)23(4)18-10-9-16(11-17(18)20)21-19(24)12-27(25,26)22-15-7-5-14(3)6-8-15/h9-11,13-15,22H,5-8,12H2,1-4H3,(H,21,24). The average Bonchev–Trinajstić information content (AvgIpc) is 2.55. The summed E-state index contributed by atoms with van der Waals surface area (Å²) < 4.78 is 41.3. The first-order valence-electron chi connectivity index (χ1n) is 9.39. The van der Waals surface area contributed by atoms with Crippen LogP contribution in [0.1, 0.15) is 46.5 Å². The van der Waals surface area contributed by atoms with Crippen LogP contribution in [0.2, 0.25) is 0 Å². The monoisotopic (exact) mass is 399 g/mol. The quantitative estimate of drug-likeness (QED) is 0.738. The molecular formula is C19H30FN3O3S. The number of rotatable bonds is 7.